The fourth-order valence-electron chi connectivity index (χ4n) is 5.56. The predicted molar refractivity (Wildman–Crippen MR) is 144 cm³/mol. The number of piperidine rings is 1. The lowest BCUT2D eigenvalue weighted by atomic mass is 9.80. The van der Waals surface area contributed by atoms with Gasteiger partial charge < -0.3 is 24.7 Å². The number of carbonyl (C=O) groups is 2. The molecule has 3 heterocycles. The van der Waals surface area contributed by atoms with Crippen molar-refractivity contribution in [2.75, 3.05) is 19.6 Å². The Balaban J connectivity index is 1.39. The van der Waals surface area contributed by atoms with Crippen molar-refractivity contribution >= 4 is 22.7 Å². The second-order valence-electron chi connectivity index (χ2n) is 10.4. The molecule has 1 aromatic carbocycles. The molecule has 2 aromatic heterocycles. The molecule has 2 atom stereocenters. The lowest BCUT2D eigenvalue weighted by Gasteiger charge is -2.35. The molecule has 8 heteroatoms. The molecule has 0 spiro atoms. The normalized spacial score (nSPS) is 19.6. The maximum atomic E-state index is 14.1. The number of rotatable bonds is 9. The van der Waals surface area contributed by atoms with Crippen molar-refractivity contribution in [2.45, 2.75) is 57.7 Å². The monoisotopic (exact) mass is 503 g/mol. The highest BCUT2D eigenvalue weighted by Crippen LogP contribution is 2.36. The summed E-state index contributed by atoms with van der Waals surface area (Å²) in [6.45, 7) is 5.14. The van der Waals surface area contributed by atoms with Crippen molar-refractivity contribution in [3.05, 3.63) is 70.3 Å². The Hall–Kier alpha value is -3.39. The molecule has 5 rings (SSSR count). The standard InChI is InChI=1S/C29H37N5O3/c1-3-27(35)31-13-15-33-18-21(24-6-4-5-7-26(24)33)19-34(22-8-9-22)29(37)25-17-30-12-10-23(25)20-11-14-32(2)28(36)16-20/h4-7,11,14,16,18,22-23,25,30H,3,8-10,12-13,15,17,19H2,1-2H3,(H,31,35)/t23-,25+/m1/s1. The van der Waals surface area contributed by atoms with E-state index in [1.54, 1.807) is 23.9 Å². The Morgan fingerprint density at radius 3 is 2.73 bits per heavy atom. The summed E-state index contributed by atoms with van der Waals surface area (Å²) in [5.41, 5.74) is 3.17. The largest absolute Gasteiger partial charge is 0.354 e. The minimum atomic E-state index is -0.195. The van der Waals surface area contributed by atoms with Gasteiger partial charge in [-0.15, -0.1) is 0 Å². The van der Waals surface area contributed by atoms with Gasteiger partial charge in [0.2, 0.25) is 11.8 Å². The number of hydrogen-bond donors (Lipinski definition) is 2. The number of aromatic nitrogens is 2. The molecule has 2 amide bonds. The van der Waals surface area contributed by atoms with Crippen LogP contribution in [-0.2, 0) is 29.7 Å². The van der Waals surface area contributed by atoms with Crippen LogP contribution in [0, 0.1) is 5.92 Å². The van der Waals surface area contributed by atoms with Gasteiger partial charge in [-0.1, -0.05) is 25.1 Å². The van der Waals surface area contributed by atoms with Crippen molar-refractivity contribution in [1.82, 2.24) is 24.7 Å². The molecule has 3 aromatic rings. The third kappa shape index (κ3) is 5.49. The van der Waals surface area contributed by atoms with Gasteiger partial charge in [-0.3, -0.25) is 14.4 Å². The lowest BCUT2D eigenvalue weighted by molar-refractivity contribution is -0.138. The number of nitrogens with zero attached hydrogens (tertiary/aromatic N) is 3. The van der Waals surface area contributed by atoms with E-state index in [-0.39, 0.29) is 35.3 Å². The van der Waals surface area contributed by atoms with Crippen LogP contribution in [0.15, 0.2) is 53.6 Å². The van der Waals surface area contributed by atoms with Gasteiger partial charge in [-0.05, 0) is 55.0 Å². The zero-order chi connectivity index (χ0) is 25.9. The van der Waals surface area contributed by atoms with E-state index in [1.165, 1.54) is 0 Å². The van der Waals surface area contributed by atoms with E-state index in [4.69, 9.17) is 0 Å². The Kier molecular flexibility index (Phi) is 7.46. The molecule has 8 nitrogen and oxygen atoms in total. The fraction of sp³-hybridized carbons (Fsp3) is 0.483. The van der Waals surface area contributed by atoms with E-state index in [9.17, 15) is 14.4 Å². The van der Waals surface area contributed by atoms with Crippen LogP contribution in [0.1, 0.15) is 49.7 Å². The highest BCUT2D eigenvalue weighted by Gasteiger charge is 2.40. The first-order chi connectivity index (χ1) is 18.0. The number of carbonyl (C=O) groups excluding carboxylic acids is 2. The summed E-state index contributed by atoms with van der Waals surface area (Å²) in [7, 11) is 1.75. The van der Waals surface area contributed by atoms with Crippen LogP contribution in [0.3, 0.4) is 0 Å². The number of pyridine rings is 1. The molecule has 2 aliphatic rings. The Morgan fingerprint density at radius 2 is 1.97 bits per heavy atom. The number of amides is 2. The predicted octanol–water partition coefficient (Wildman–Crippen LogP) is 2.75. The molecule has 196 valence electrons. The minimum Gasteiger partial charge on any atom is -0.354 e. The summed E-state index contributed by atoms with van der Waals surface area (Å²) < 4.78 is 3.75. The third-order valence-electron chi connectivity index (χ3n) is 7.83. The molecule has 0 radical (unpaired) electrons. The van der Waals surface area contributed by atoms with Gasteiger partial charge in [0.25, 0.3) is 5.56 Å². The Bertz CT molecular complexity index is 1340. The summed E-state index contributed by atoms with van der Waals surface area (Å²) in [6.07, 6.45) is 7.32. The highest BCUT2D eigenvalue weighted by molar-refractivity contribution is 5.86. The molecular formula is C29H37N5O3. The first-order valence-electron chi connectivity index (χ1n) is 13.5. The molecule has 1 aliphatic heterocycles. The van der Waals surface area contributed by atoms with Crippen molar-refractivity contribution in [1.29, 1.82) is 0 Å². The molecule has 0 unspecified atom stereocenters. The Labute approximate surface area is 217 Å². The van der Waals surface area contributed by atoms with Crippen LogP contribution >= 0.6 is 0 Å². The van der Waals surface area contributed by atoms with E-state index >= 15 is 0 Å². The number of benzene rings is 1. The van der Waals surface area contributed by atoms with Crippen LogP contribution in [0.25, 0.3) is 10.9 Å². The van der Waals surface area contributed by atoms with E-state index in [0.717, 1.165) is 47.8 Å². The quantitative estimate of drug-likeness (QED) is 0.470. The fourth-order valence-corrected chi connectivity index (χ4v) is 5.56. The van der Waals surface area contributed by atoms with Gasteiger partial charge in [-0.25, -0.2) is 0 Å². The number of para-hydroxylation sites is 1. The van der Waals surface area contributed by atoms with Crippen LogP contribution in [0.2, 0.25) is 0 Å². The van der Waals surface area contributed by atoms with E-state index in [2.05, 4.69) is 38.4 Å². The zero-order valence-electron chi connectivity index (χ0n) is 21.8. The number of aryl methyl sites for hydroxylation is 1. The van der Waals surface area contributed by atoms with Crippen LogP contribution < -0.4 is 16.2 Å². The number of fused-ring (bicyclic) bond motifs is 1. The maximum absolute atomic E-state index is 14.1. The summed E-state index contributed by atoms with van der Waals surface area (Å²) in [5, 5.41) is 7.52. The summed E-state index contributed by atoms with van der Waals surface area (Å²) in [6, 6.07) is 12.2. The van der Waals surface area contributed by atoms with Gasteiger partial charge in [0.1, 0.15) is 0 Å². The van der Waals surface area contributed by atoms with Gasteiger partial charge in [0, 0.05) is 75.1 Å². The molecule has 0 bridgehead atoms. The highest BCUT2D eigenvalue weighted by atomic mass is 16.2. The van der Waals surface area contributed by atoms with Crippen LogP contribution in [0.5, 0.6) is 0 Å². The topological polar surface area (TPSA) is 88.4 Å². The summed E-state index contributed by atoms with van der Waals surface area (Å²) in [4.78, 5) is 40.2. The number of nitrogens with one attached hydrogen (secondary N) is 2. The number of hydrogen-bond acceptors (Lipinski definition) is 4. The molecule has 2 N–H and O–H groups in total. The second kappa shape index (κ2) is 10.9. The molecule has 1 saturated heterocycles. The molecule has 1 aliphatic carbocycles. The lowest BCUT2D eigenvalue weighted by Crippen LogP contribution is -2.47. The smallest absolute Gasteiger partial charge is 0.250 e. The van der Waals surface area contributed by atoms with Crippen LogP contribution in [0.4, 0.5) is 0 Å². The average molecular weight is 504 g/mol. The van der Waals surface area contributed by atoms with Gasteiger partial charge >= 0.3 is 0 Å². The summed E-state index contributed by atoms with van der Waals surface area (Å²) in [5.74, 6) is 0.0630. The molecule has 37 heavy (non-hydrogen) atoms. The second-order valence-corrected chi connectivity index (χ2v) is 10.4. The van der Waals surface area contributed by atoms with E-state index < -0.39 is 0 Å². The molecule has 2 fully saturated rings. The SMILES string of the molecule is CCC(=O)NCCn1cc(CN(C(=O)[C@H]2CNCC[C@@H]2c2ccn(C)c(=O)c2)C2CC2)c2ccccc21. The minimum absolute atomic E-state index is 0.0346. The van der Waals surface area contributed by atoms with Crippen molar-refractivity contribution in [3.63, 3.8) is 0 Å². The van der Waals surface area contributed by atoms with Crippen molar-refractivity contribution < 1.29 is 9.59 Å². The first-order valence-corrected chi connectivity index (χ1v) is 13.5. The first kappa shape index (κ1) is 25.3. The van der Waals surface area contributed by atoms with E-state index in [1.807, 2.05) is 25.1 Å². The molecule has 1 saturated carbocycles. The zero-order valence-corrected chi connectivity index (χ0v) is 21.8. The van der Waals surface area contributed by atoms with Gasteiger partial charge in [-0.2, -0.15) is 0 Å². The van der Waals surface area contributed by atoms with E-state index in [0.29, 0.717) is 32.6 Å². The van der Waals surface area contributed by atoms with Gasteiger partial charge in [0.15, 0.2) is 0 Å². The third-order valence-corrected chi connectivity index (χ3v) is 7.83. The van der Waals surface area contributed by atoms with Gasteiger partial charge in [0.05, 0.1) is 5.92 Å². The van der Waals surface area contributed by atoms with Crippen molar-refractivity contribution in [3.8, 4) is 0 Å². The van der Waals surface area contributed by atoms with Crippen LogP contribution in [-0.4, -0.2) is 51.5 Å². The maximum Gasteiger partial charge on any atom is 0.250 e. The summed E-state index contributed by atoms with van der Waals surface area (Å²) >= 11 is 0. The Morgan fingerprint density at radius 1 is 1.16 bits per heavy atom. The molecular weight excluding hydrogens is 466 g/mol. The van der Waals surface area contributed by atoms with Crippen molar-refractivity contribution in [2.24, 2.45) is 13.0 Å². The average Bonchev–Trinajstić information content (AvgIpc) is 3.71.